The van der Waals surface area contributed by atoms with Gasteiger partial charge in [0.15, 0.2) is 0 Å². The number of rotatable bonds is 4. The van der Waals surface area contributed by atoms with Crippen LogP contribution in [0.1, 0.15) is 29.8 Å². The highest BCUT2D eigenvalue weighted by atomic mass is 79.9. The van der Waals surface area contributed by atoms with Crippen LogP contribution < -0.4 is 0 Å². The van der Waals surface area contributed by atoms with Crippen molar-refractivity contribution < 1.29 is 9.90 Å². The van der Waals surface area contributed by atoms with Crippen molar-refractivity contribution in [3.8, 4) is 0 Å². The number of hydrogen-bond donors (Lipinski definition) is 1. The molecular weight excluding hydrogens is 320 g/mol. The average Bonchev–Trinajstić information content (AvgIpc) is 2.41. The summed E-state index contributed by atoms with van der Waals surface area (Å²) in [6.07, 6.45) is 0. The molecule has 20 heavy (non-hydrogen) atoms. The molecule has 5 heteroatoms. The summed E-state index contributed by atoms with van der Waals surface area (Å²) in [6, 6.07) is 5.87. The number of carboxylic acids is 1. The second-order valence-corrected chi connectivity index (χ2v) is 6.37. The lowest BCUT2D eigenvalue weighted by Gasteiger charge is -2.37. The molecule has 1 aromatic rings. The smallest absolute Gasteiger partial charge is 0.335 e. The third-order valence-corrected chi connectivity index (χ3v) is 4.57. The molecule has 1 aromatic carbocycles. The van der Waals surface area contributed by atoms with Crippen LogP contribution in [0, 0.1) is 0 Å². The Bertz CT molecular complexity index is 483. The third-order valence-electron chi connectivity index (χ3n) is 3.83. The van der Waals surface area contributed by atoms with E-state index in [1.165, 1.54) is 0 Å². The maximum absolute atomic E-state index is 10.9. The molecule has 110 valence electrons. The van der Waals surface area contributed by atoms with Crippen molar-refractivity contribution in [1.29, 1.82) is 0 Å². The number of benzene rings is 1. The fraction of sp³-hybridized carbons (Fsp3) is 0.533. The largest absolute Gasteiger partial charge is 0.478 e. The second kappa shape index (κ2) is 6.70. The SMILES string of the molecule is CC(C)N1CCN(Cc2ccc(C(=O)O)cc2Br)CC1. The molecule has 1 N–H and O–H groups in total. The summed E-state index contributed by atoms with van der Waals surface area (Å²) in [7, 11) is 0. The Balaban J connectivity index is 1.96. The average molecular weight is 341 g/mol. The summed E-state index contributed by atoms with van der Waals surface area (Å²) >= 11 is 3.48. The molecule has 0 amide bonds. The summed E-state index contributed by atoms with van der Waals surface area (Å²) in [6.45, 7) is 9.65. The van der Waals surface area contributed by atoms with E-state index in [1.807, 2.05) is 6.07 Å². The van der Waals surface area contributed by atoms with Gasteiger partial charge >= 0.3 is 5.97 Å². The summed E-state index contributed by atoms with van der Waals surface area (Å²) in [5.74, 6) is -0.886. The summed E-state index contributed by atoms with van der Waals surface area (Å²) in [5, 5.41) is 8.97. The van der Waals surface area contributed by atoms with E-state index in [-0.39, 0.29) is 0 Å². The first kappa shape index (κ1) is 15.5. The van der Waals surface area contributed by atoms with Gasteiger partial charge in [-0.25, -0.2) is 4.79 Å². The molecule has 0 aromatic heterocycles. The topological polar surface area (TPSA) is 43.8 Å². The summed E-state index contributed by atoms with van der Waals surface area (Å²) in [4.78, 5) is 15.8. The van der Waals surface area contributed by atoms with E-state index in [2.05, 4.69) is 39.6 Å². The van der Waals surface area contributed by atoms with E-state index in [1.54, 1.807) is 12.1 Å². The van der Waals surface area contributed by atoms with E-state index in [4.69, 9.17) is 5.11 Å². The van der Waals surface area contributed by atoms with Gasteiger partial charge in [-0.2, -0.15) is 0 Å². The van der Waals surface area contributed by atoms with E-state index < -0.39 is 5.97 Å². The molecule has 1 aliphatic heterocycles. The summed E-state index contributed by atoms with van der Waals surface area (Å²) < 4.78 is 0.878. The van der Waals surface area contributed by atoms with Crippen LogP contribution in [0.15, 0.2) is 22.7 Å². The first-order chi connectivity index (χ1) is 9.47. The molecule has 1 aliphatic rings. The Kier molecular flexibility index (Phi) is 5.18. The van der Waals surface area contributed by atoms with Crippen LogP contribution in [0.4, 0.5) is 0 Å². The van der Waals surface area contributed by atoms with Gasteiger partial charge < -0.3 is 5.11 Å². The zero-order chi connectivity index (χ0) is 14.7. The standard InChI is InChI=1S/C15H21BrN2O2/c1-11(2)18-7-5-17(6-8-18)10-13-4-3-12(15(19)20)9-14(13)16/h3-4,9,11H,5-8,10H2,1-2H3,(H,19,20). The van der Waals surface area contributed by atoms with Gasteiger partial charge in [-0.05, 0) is 31.5 Å². The predicted octanol–water partition coefficient (Wildman–Crippen LogP) is 2.67. The Morgan fingerprint density at radius 3 is 2.45 bits per heavy atom. The molecule has 0 aliphatic carbocycles. The number of carboxylic acid groups (broad SMARTS) is 1. The Labute approximate surface area is 128 Å². The van der Waals surface area contributed by atoms with Crippen molar-refractivity contribution in [1.82, 2.24) is 9.80 Å². The van der Waals surface area contributed by atoms with Gasteiger partial charge in [0.25, 0.3) is 0 Å². The van der Waals surface area contributed by atoms with E-state index in [0.717, 1.165) is 42.8 Å². The monoisotopic (exact) mass is 340 g/mol. The molecule has 0 unspecified atom stereocenters. The molecule has 0 radical (unpaired) electrons. The number of carbonyl (C=O) groups is 1. The lowest BCUT2D eigenvalue weighted by molar-refractivity contribution is 0.0696. The van der Waals surface area contributed by atoms with Crippen LogP contribution in [-0.2, 0) is 6.54 Å². The van der Waals surface area contributed by atoms with Crippen LogP contribution >= 0.6 is 15.9 Å². The van der Waals surface area contributed by atoms with Crippen LogP contribution in [0.2, 0.25) is 0 Å². The zero-order valence-electron chi connectivity index (χ0n) is 12.0. The molecular formula is C15H21BrN2O2. The fourth-order valence-corrected chi connectivity index (χ4v) is 2.99. The highest BCUT2D eigenvalue weighted by molar-refractivity contribution is 9.10. The van der Waals surface area contributed by atoms with Crippen molar-refractivity contribution in [3.05, 3.63) is 33.8 Å². The van der Waals surface area contributed by atoms with Gasteiger partial charge in [-0.15, -0.1) is 0 Å². The Morgan fingerprint density at radius 1 is 1.30 bits per heavy atom. The van der Waals surface area contributed by atoms with Crippen molar-refractivity contribution in [2.45, 2.75) is 26.4 Å². The molecule has 0 atom stereocenters. The molecule has 0 bridgehead atoms. The van der Waals surface area contributed by atoms with Gasteiger partial charge in [-0.3, -0.25) is 9.80 Å². The molecule has 0 saturated carbocycles. The van der Waals surface area contributed by atoms with Crippen LogP contribution in [0.25, 0.3) is 0 Å². The minimum atomic E-state index is -0.886. The number of piperazine rings is 1. The third kappa shape index (κ3) is 3.81. The molecule has 4 nitrogen and oxygen atoms in total. The first-order valence-corrected chi connectivity index (χ1v) is 7.75. The highest BCUT2D eigenvalue weighted by Crippen LogP contribution is 2.21. The number of nitrogens with zero attached hydrogens (tertiary/aromatic N) is 2. The van der Waals surface area contributed by atoms with Gasteiger partial charge in [-0.1, -0.05) is 22.0 Å². The minimum Gasteiger partial charge on any atom is -0.478 e. The lowest BCUT2D eigenvalue weighted by atomic mass is 10.1. The lowest BCUT2D eigenvalue weighted by Crippen LogP contribution is -2.48. The predicted molar refractivity (Wildman–Crippen MR) is 83.1 cm³/mol. The number of aromatic carboxylic acids is 1. The van der Waals surface area contributed by atoms with Crippen molar-refractivity contribution in [2.75, 3.05) is 26.2 Å². The molecule has 2 rings (SSSR count). The second-order valence-electron chi connectivity index (χ2n) is 5.52. The first-order valence-electron chi connectivity index (χ1n) is 6.95. The fourth-order valence-electron chi connectivity index (χ4n) is 2.49. The highest BCUT2D eigenvalue weighted by Gasteiger charge is 2.19. The van der Waals surface area contributed by atoms with E-state index in [9.17, 15) is 4.79 Å². The van der Waals surface area contributed by atoms with Crippen LogP contribution in [0.3, 0.4) is 0 Å². The quantitative estimate of drug-likeness (QED) is 0.915. The van der Waals surface area contributed by atoms with Gasteiger partial charge in [0, 0.05) is 43.2 Å². The molecule has 0 spiro atoms. The Hall–Kier alpha value is -0.910. The Morgan fingerprint density at radius 2 is 1.95 bits per heavy atom. The van der Waals surface area contributed by atoms with Gasteiger partial charge in [0.05, 0.1) is 5.56 Å². The summed E-state index contributed by atoms with van der Waals surface area (Å²) in [5.41, 5.74) is 1.47. The maximum atomic E-state index is 10.9. The van der Waals surface area contributed by atoms with Gasteiger partial charge in [0.2, 0.25) is 0 Å². The molecule has 1 fully saturated rings. The van der Waals surface area contributed by atoms with Crippen molar-refractivity contribution >= 4 is 21.9 Å². The normalized spacial score (nSPS) is 17.6. The van der Waals surface area contributed by atoms with E-state index >= 15 is 0 Å². The number of hydrogen-bond acceptors (Lipinski definition) is 3. The minimum absolute atomic E-state index is 0.324. The van der Waals surface area contributed by atoms with Gasteiger partial charge in [0.1, 0.15) is 0 Å². The van der Waals surface area contributed by atoms with E-state index in [0.29, 0.717) is 11.6 Å². The maximum Gasteiger partial charge on any atom is 0.335 e. The number of halogens is 1. The van der Waals surface area contributed by atoms with Crippen molar-refractivity contribution in [2.24, 2.45) is 0 Å². The van der Waals surface area contributed by atoms with Crippen LogP contribution in [-0.4, -0.2) is 53.1 Å². The van der Waals surface area contributed by atoms with Crippen molar-refractivity contribution in [3.63, 3.8) is 0 Å². The zero-order valence-corrected chi connectivity index (χ0v) is 13.6. The van der Waals surface area contributed by atoms with Crippen LogP contribution in [0.5, 0.6) is 0 Å². The molecule has 1 saturated heterocycles. The molecule has 1 heterocycles.